The van der Waals surface area contributed by atoms with Crippen molar-refractivity contribution in [1.82, 2.24) is 19.9 Å². The van der Waals surface area contributed by atoms with E-state index in [1.165, 1.54) is 16.0 Å². The van der Waals surface area contributed by atoms with Gasteiger partial charge in [0.15, 0.2) is 0 Å². The van der Waals surface area contributed by atoms with Crippen molar-refractivity contribution in [3.63, 3.8) is 0 Å². The van der Waals surface area contributed by atoms with Crippen molar-refractivity contribution >= 4 is 32.3 Å². The molecule has 0 aliphatic carbocycles. The maximum atomic E-state index is 13.2. The smallest absolute Gasteiger partial charge is 0.276 e. The molecule has 0 amide bonds. The van der Waals surface area contributed by atoms with Crippen molar-refractivity contribution in [1.29, 1.82) is 0 Å². The standard InChI is InChI=1S/C22H18N4O2S/c1-13-20(14(2)28-25-13)17-12-29-19-11-23-26(22(27)21(17)19)10-9-16-8-7-15-5-3-4-6-18(15)24-16/h3-8,11-12H,9-10H2,1-2H3. The molecule has 5 aromatic rings. The van der Waals surface area contributed by atoms with Crippen LogP contribution in [0.25, 0.3) is 32.1 Å². The van der Waals surface area contributed by atoms with Gasteiger partial charge in [-0.25, -0.2) is 4.68 Å². The lowest BCUT2D eigenvalue weighted by Crippen LogP contribution is -2.23. The van der Waals surface area contributed by atoms with Gasteiger partial charge in [0, 0.05) is 34.0 Å². The van der Waals surface area contributed by atoms with Gasteiger partial charge in [0.1, 0.15) is 5.76 Å². The number of benzene rings is 1. The van der Waals surface area contributed by atoms with E-state index in [-0.39, 0.29) is 5.56 Å². The molecule has 0 bridgehead atoms. The summed E-state index contributed by atoms with van der Waals surface area (Å²) in [4.78, 5) is 17.9. The van der Waals surface area contributed by atoms with Gasteiger partial charge in [-0.15, -0.1) is 11.3 Å². The predicted molar refractivity (Wildman–Crippen MR) is 114 cm³/mol. The molecule has 4 aromatic heterocycles. The number of hydrogen-bond donors (Lipinski definition) is 0. The van der Waals surface area contributed by atoms with Crippen LogP contribution in [0, 0.1) is 13.8 Å². The Bertz CT molecular complexity index is 1390. The number of para-hydroxylation sites is 1. The second-order valence-electron chi connectivity index (χ2n) is 7.01. The molecule has 7 heteroatoms. The average Bonchev–Trinajstić information content (AvgIpc) is 3.30. The third kappa shape index (κ3) is 3.03. The van der Waals surface area contributed by atoms with E-state index in [0.29, 0.717) is 24.1 Å². The lowest BCUT2D eigenvalue weighted by Gasteiger charge is -2.06. The third-order valence-corrected chi connectivity index (χ3v) is 6.04. The van der Waals surface area contributed by atoms with Crippen molar-refractivity contribution in [2.24, 2.45) is 0 Å². The fraction of sp³-hybridized carbons (Fsp3) is 0.182. The molecule has 1 aromatic carbocycles. The molecule has 5 rings (SSSR count). The number of thiophene rings is 1. The maximum absolute atomic E-state index is 13.2. The van der Waals surface area contributed by atoms with Gasteiger partial charge in [-0.1, -0.05) is 29.4 Å². The van der Waals surface area contributed by atoms with E-state index in [0.717, 1.165) is 38.1 Å². The summed E-state index contributed by atoms with van der Waals surface area (Å²) < 4.78 is 7.69. The van der Waals surface area contributed by atoms with Crippen molar-refractivity contribution in [2.75, 3.05) is 0 Å². The van der Waals surface area contributed by atoms with Gasteiger partial charge in [0.05, 0.1) is 34.0 Å². The molecule has 0 saturated heterocycles. The Kier molecular flexibility index (Phi) is 4.24. The molecule has 6 nitrogen and oxygen atoms in total. The zero-order valence-electron chi connectivity index (χ0n) is 16.0. The van der Waals surface area contributed by atoms with E-state index in [9.17, 15) is 4.79 Å². The molecule has 144 valence electrons. The van der Waals surface area contributed by atoms with Crippen LogP contribution in [0.4, 0.5) is 0 Å². The number of nitrogens with zero attached hydrogens (tertiary/aromatic N) is 4. The molecular formula is C22H18N4O2S. The zero-order valence-corrected chi connectivity index (χ0v) is 16.9. The Hall–Kier alpha value is -3.32. The van der Waals surface area contributed by atoms with Crippen LogP contribution in [0.2, 0.25) is 0 Å². The number of aryl methyl sites for hydroxylation is 4. The Labute approximate surface area is 170 Å². The molecular weight excluding hydrogens is 384 g/mol. The highest BCUT2D eigenvalue weighted by Crippen LogP contribution is 2.35. The molecule has 0 unspecified atom stereocenters. The molecule has 0 N–H and O–H groups in total. The molecule has 29 heavy (non-hydrogen) atoms. The minimum absolute atomic E-state index is 0.0976. The Morgan fingerprint density at radius 3 is 2.83 bits per heavy atom. The topological polar surface area (TPSA) is 73.8 Å². The molecule has 4 heterocycles. The normalized spacial score (nSPS) is 11.5. The number of fused-ring (bicyclic) bond motifs is 2. The van der Waals surface area contributed by atoms with Gasteiger partial charge >= 0.3 is 0 Å². The van der Waals surface area contributed by atoms with E-state index < -0.39 is 0 Å². The van der Waals surface area contributed by atoms with E-state index >= 15 is 0 Å². The summed E-state index contributed by atoms with van der Waals surface area (Å²) in [5.41, 5.74) is 4.34. The molecule has 0 spiro atoms. The third-order valence-electron chi connectivity index (χ3n) is 5.12. The van der Waals surface area contributed by atoms with Crippen LogP contribution in [-0.4, -0.2) is 19.9 Å². The number of hydrogen-bond acceptors (Lipinski definition) is 6. The van der Waals surface area contributed by atoms with Gasteiger partial charge in [0.25, 0.3) is 5.56 Å². The van der Waals surface area contributed by atoms with Crippen molar-refractivity contribution in [2.45, 2.75) is 26.8 Å². The van der Waals surface area contributed by atoms with Crippen LogP contribution in [-0.2, 0) is 13.0 Å². The van der Waals surface area contributed by atoms with Gasteiger partial charge in [-0.05, 0) is 26.0 Å². The summed E-state index contributed by atoms with van der Waals surface area (Å²) in [5, 5.41) is 12.2. The van der Waals surface area contributed by atoms with Crippen LogP contribution in [0.15, 0.2) is 57.3 Å². The first kappa shape index (κ1) is 17.8. The van der Waals surface area contributed by atoms with Crippen molar-refractivity contribution in [3.05, 3.63) is 75.5 Å². The number of rotatable bonds is 4. The first-order chi connectivity index (χ1) is 14.1. The minimum Gasteiger partial charge on any atom is -0.361 e. The Morgan fingerprint density at radius 1 is 1.14 bits per heavy atom. The summed E-state index contributed by atoms with van der Waals surface area (Å²) in [6.45, 7) is 4.22. The molecule has 0 atom stereocenters. The van der Waals surface area contributed by atoms with E-state index in [1.807, 2.05) is 49.6 Å². The maximum Gasteiger partial charge on any atom is 0.276 e. The highest BCUT2D eigenvalue weighted by molar-refractivity contribution is 7.17. The van der Waals surface area contributed by atoms with Crippen LogP contribution in [0.5, 0.6) is 0 Å². The lowest BCUT2D eigenvalue weighted by molar-refractivity contribution is 0.393. The van der Waals surface area contributed by atoms with E-state index in [4.69, 9.17) is 9.51 Å². The summed E-state index contributed by atoms with van der Waals surface area (Å²) in [6.07, 6.45) is 2.39. The van der Waals surface area contributed by atoms with E-state index in [2.05, 4.69) is 16.3 Å². The highest BCUT2D eigenvalue weighted by Gasteiger charge is 2.19. The molecule has 0 fully saturated rings. The van der Waals surface area contributed by atoms with Crippen LogP contribution in [0.1, 0.15) is 17.1 Å². The predicted octanol–water partition coefficient (Wildman–Crippen LogP) is 4.52. The Balaban J connectivity index is 1.51. The van der Waals surface area contributed by atoms with Crippen molar-refractivity contribution in [3.8, 4) is 11.1 Å². The fourth-order valence-corrected chi connectivity index (χ4v) is 4.57. The van der Waals surface area contributed by atoms with Gasteiger partial charge in [-0.2, -0.15) is 5.10 Å². The lowest BCUT2D eigenvalue weighted by atomic mass is 10.0. The van der Waals surface area contributed by atoms with Gasteiger partial charge in [0.2, 0.25) is 0 Å². The second-order valence-corrected chi connectivity index (χ2v) is 7.92. The molecule has 0 aliphatic rings. The summed E-state index contributed by atoms with van der Waals surface area (Å²) in [7, 11) is 0. The average molecular weight is 402 g/mol. The SMILES string of the molecule is Cc1noc(C)c1-c1csc2cnn(CCc3ccc4ccccc4n3)c(=O)c12. The van der Waals surface area contributed by atoms with Crippen LogP contribution < -0.4 is 5.56 Å². The van der Waals surface area contributed by atoms with Crippen LogP contribution >= 0.6 is 11.3 Å². The monoisotopic (exact) mass is 402 g/mol. The summed E-state index contributed by atoms with van der Waals surface area (Å²) in [5.74, 6) is 0.713. The number of aromatic nitrogens is 4. The first-order valence-corrected chi connectivity index (χ1v) is 10.2. The van der Waals surface area contributed by atoms with E-state index in [1.54, 1.807) is 6.20 Å². The van der Waals surface area contributed by atoms with Crippen LogP contribution in [0.3, 0.4) is 0 Å². The van der Waals surface area contributed by atoms with Crippen molar-refractivity contribution < 1.29 is 4.52 Å². The second kappa shape index (κ2) is 6.93. The molecule has 0 saturated carbocycles. The van der Waals surface area contributed by atoms with Gasteiger partial charge < -0.3 is 4.52 Å². The fourth-order valence-electron chi connectivity index (χ4n) is 3.67. The highest BCUT2D eigenvalue weighted by atomic mass is 32.1. The zero-order chi connectivity index (χ0) is 20.0. The summed E-state index contributed by atoms with van der Waals surface area (Å²) in [6, 6.07) is 12.1. The first-order valence-electron chi connectivity index (χ1n) is 9.37. The largest absolute Gasteiger partial charge is 0.361 e. The summed E-state index contributed by atoms with van der Waals surface area (Å²) >= 11 is 1.51. The molecule has 0 radical (unpaired) electrons. The number of pyridine rings is 1. The quantitative estimate of drug-likeness (QED) is 0.442. The molecule has 0 aliphatic heterocycles. The minimum atomic E-state index is -0.0976. The van der Waals surface area contributed by atoms with Gasteiger partial charge in [-0.3, -0.25) is 9.78 Å². The Morgan fingerprint density at radius 2 is 2.00 bits per heavy atom.